The number of rotatable bonds is 3. The average molecular weight is 428 g/mol. The molecule has 1 saturated heterocycles. The summed E-state index contributed by atoms with van der Waals surface area (Å²) in [7, 11) is 1.59. The Kier molecular flexibility index (Phi) is 6.18. The second kappa shape index (κ2) is 8.51. The van der Waals surface area contributed by atoms with Gasteiger partial charge in [-0.25, -0.2) is 14.6 Å². The minimum absolute atomic E-state index is 0.203. The molecule has 0 saturated carbocycles. The van der Waals surface area contributed by atoms with Gasteiger partial charge >= 0.3 is 11.8 Å². The summed E-state index contributed by atoms with van der Waals surface area (Å²) in [5.74, 6) is 0.302. The first kappa shape index (κ1) is 22.5. The van der Waals surface area contributed by atoms with Gasteiger partial charge in [0.1, 0.15) is 22.9 Å². The number of nitriles is 1. The zero-order chi connectivity index (χ0) is 22.9. The Hall–Kier alpha value is -3.19. The van der Waals surface area contributed by atoms with E-state index in [2.05, 4.69) is 9.97 Å². The fourth-order valence-electron chi connectivity index (χ4n) is 3.73. The molecule has 0 aromatic carbocycles. The molecule has 2 atom stereocenters. The molecule has 1 N–H and O–H groups in total. The summed E-state index contributed by atoms with van der Waals surface area (Å²) in [6, 6.07) is 4.50. The number of aromatic nitrogens is 3. The normalized spacial score (nSPS) is 19.4. The zero-order valence-electron chi connectivity index (χ0n) is 18.5. The van der Waals surface area contributed by atoms with E-state index in [0.29, 0.717) is 29.8 Å². The maximum Gasteiger partial charge on any atom is 0.410 e. The van der Waals surface area contributed by atoms with Crippen molar-refractivity contribution in [2.24, 2.45) is 7.05 Å². The van der Waals surface area contributed by atoms with Crippen LogP contribution < -0.4 is 10.6 Å². The van der Waals surface area contributed by atoms with Crippen LogP contribution in [0.1, 0.15) is 39.8 Å². The lowest BCUT2D eigenvalue weighted by atomic mass is 10.0. The van der Waals surface area contributed by atoms with Crippen molar-refractivity contribution in [3.05, 3.63) is 28.3 Å². The molecule has 2 aromatic rings. The van der Waals surface area contributed by atoms with Crippen molar-refractivity contribution in [1.82, 2.24) is 19.4 Å². The molecule has 0 radical (unpaired) electrons. The van der Waals surface area contributed by atoms with Crippen LogP contribution in [0.2, 0.25) is 0 Å². The van der Waals surface area contributed by atoms with E-state index < -0.39 is 23.4 Å². The maximum absolute atomic E-state index is 12.8. The summed E-state index contributed by atoms with van der Waals surface area (Å²) in [6.45, 7) is 7.67. The lowest BCUT2D eigenvalue weighted by Gasteiger charge is -2.46. The number of hydrogen-bond donors (Lipinski definition) is 1. The number of aryl methyl sites for hydroxylation is 1. The molecule has 10 heteroatoms. The molecule has 31 heavy (non-hydrogen) atoms. The Morgan fingerprint density at radius 1 is 1.29 bits per heavy atom. The lowest BCUT2D eigenvalue weighted by Crippen LogP contribution is -2.62. The third-order valence-electron chi connectivity index (χ3n) is 5.33. The van der Waals surface area contributed by atoms with E-state index in [9.17, 15) is 20.0 Å². The molecule has 3 rings (SSSR count). The van der Waals surface area contributed by atoms with Crippen molar-refractivity contribution < 1.29 is 14.6 Å². The van der Waals surface area contributed by atoms with E-state index in [-0.39, 0.29) is 24.9 Å². The van der Waals surface area contributed by atoms with Crippen molar-refractivity contribution in [3.8, 4) is 6.07 Å². The van der Waals surface area contributed by atoms with Gasteiger partial charge < -0.3 is 19.6 Å². The standard InChI is InChI=1S/C21H28N6O4/c1-6-14-10-26(15(12-28)11-27(14)20(30)31-21(2,3)4)18-17-16(25(5)19(29)24-18)8-7-13(9-22)23-17/h7-8,14-15,28H,6,10-12H2,1-5H3/t14-,15-/m1/s1. The predicted octanol–water partition coefficient (Wildman–Crippen LogP) is 1.40. The van der Waals surface area contributed by atoms with Crippen LogP contribution in [0.25, 0.3) is 11.0 Å². The number of piperazine rings is 1. The van der Waals surface area contributed by atoms with Gasteiger partial charge in [-0.05, 0) is 39.3 Å². The Morgan fingerprint density at radius 2 is 2.00 bits per heavy atom. The highest BCUT2D eigenvalue weighted by atomic mass is 16.6. The van der Waals surface area contributed by atoms with Crippen molar-refractivity contribution in [2.45, 2.75) is 51.8 Å². The monoisotopic (exact) mass is 428 g/mol. The van der Waals surface area contributed by atoms with E-state index in [1.807, 2.05) is 17.9 Å². The van der Waals surface area contributed by atoms with Crippen LogP contribution in [0.3, 0.4) is 0 Å². The number of carbonyl (C=O) groups is 1. The van der Waals surface area contributed by atoms with Crippen molar-refractivity contribution in [3.63, 3.8) is 0 Å². The van der Waals surface area contributed by atoms with E-state index in [1.54, 1.807) is 44.9 Å². The largest absolute Gasteiger partial charge is 0.444 e. The molecule has 2 aromatic heterocycles. The number of pyridine rings is 1. The number of nitrogens with zero attached hydrogens (tertiary/aromatic N) is 6. The van der Waals surface area contributed by atoms with E-state index in [4.69, 9.17) is 4.74 Å². The first-order valence-electron chi connectivity index (χ1n) is 10.2. The van der Waals surface area contributed by atoms with Crippen LogP contribution in [0.4, 0.5) is 10.6 Å². The summed E-state index contributed by atoms with van der Waals surface area (Å²) in [5.41, 5.74) is 0.0402. The highest BCUT2D eigenvalue weighted by molar-refractivity contribution is 5.86. The Labute approximate surface area is 180 Å². The molecule has 3 heterocycles. The van der Waals surface area contributed by atoms with Gasteiger partial charge in [0, 0.05) is 20.1 Å². The number of amides is 1. The number of hydrogen-bond acceptors (Lipinski definition) is 8. The summed E-state index contributed by atoms with van der Waals surface area (Å²) < 4.78 is 6.92. The number of ether oxygens (including phenoxy) is 1. The first-order chi connectivity index (χ1) is 14.6. The fraction of sp³-hybridized carbons (Fsp3) is 0.571. The second-order valence-electron chi connectivity index (χ2n) is 8.64. The van der Waals surface area contributed by atoms with Gasteiger partial charge in [0.2, 0.25) is 0 Å². The molecule has 1 amide bonds. The van der Waals surface area contributed by atoms with E-state index in [0.717, 1.165) is 0 Å². The van der Waals surface area contributed by atoms with Crippen LogP contribution in [-0.2, 0) is 11.8 Å². The molecular formula is C21H28N6O4. The van der Waals surface area contributed by atoms with E-state index in [1.165, 1.54) is 4.57 Å². The molecular weight excluding hydrogens is 400 g/mol. The average Bonchev–Trinajstić information content (AvgIpc) is 2.73. The molecule has 1 aliphatic rings. The SMILES string of the molecule is CC[C@@H]1CN(c2nc(=O)n(C)c3ccc(C#N)nc23)[C@@H](CO)CN1C(=O)OC(C)(C)C. The molecule has 0 unspecified atom stereocenters. The number of carbonyl (C=O) groups excluding carboxylic acids is 1. The highest BCUT2D eigenvalue weighted by Gasteiger charge is 2.38. The minimum Gasteiger partial charge on any atom is -0.444 e. The Bertz CT molecular complexity index is 1080. The van der Waals surface area contributed by atoms with Crippen molar-refractivity contribution in [1.29, 1.82) is 5.26 Å². The van der Waals surface area contributed by atoms with Gasteiger partial charge in [-0.3, -0.25) is 4.57 Å². The zero-order valence-corrected chi connectivity index (χ0v) is 18.5. The molecule has 1 fully saturated rings. The van der Waals surface area contributed by atoms with Gasteiger partial charge in [-0.1, -0.05) is 6.92 Å². The van der Waals surface area contributed by atoms with Crippen LogP contribution >= 0.6 is 0 Å². The highest BCUT2D eigenvalue weighted by Crippen LogP contribution is 2.28. The molecule has 1 aliphatic heterocycles. The Balaban J connectivity index is 2.06. The van der Waals surface area contributed by atoms with Gasteiger partial charge in [0.05, 0.1) is 24.2 Å². The van der Waals surface area contributed by atoms with Crippen molar-refractivity contribution >= 4 is 22.9 Å². The molecule has 0 spiro atoms. The van der Waals surface area contributed by atoms with Gasteiger partial charge in [0.15, 0.2) is 5.82 Å². The van der Waals surface area contributed by atoms with Gasteiger partial charge in [-0.2, -0.15) is 10.2 Å². The van der Waals surface area contributed by atoms with Gasteiger partial charge in [0.25, 0.3) is 0 Å². The van der Waals surface area contributed by atoms with Crippen LogP contribution in [0, 0.1) is 11.3 Å². The topological polar surface area (TPSA) is 125 Å². The van der Waals surface area contributed by atoms with Crippen LogP contribution in [0.5, 0.6) is 0 Å². The Morgan fingerprint density at radius 3 is 2.58 bits per heavy atom. The number of anilines is 1. The summed E-state index contributed by atoms with van der Waals surface area (Å²) >= 11 is 0. The van der Waals surface area contributed by atoms with E-state index >= 15 is 0 Å². The fourth-order valence-corrected chi connectivity index (χ4v) is 3.73. The number of aliphatic hydroxyl groups excluding tert-OH is 1. The smallest absolute Gasteiger partial charge is 0.410 e. The summed E-state index contributed by atoms with van der Waals surface area (Å²) in [4.78, 5) is 37.3. The first-order valence-corrected chi connectivity index (χ1v) is 10.2. The molecule has 0 bridgehead atoms. The van der Waals surface area contributed by atoms with Crippen LogP contribution in [0.15, 0.2) is 16.9 Å². The molecule has 0 aliphatic carbocycles. The summed E-state index contributed by atoms with van der Waals surface area (Å²) in [6.07, 6.45) is 0.206. The minimum atomic E-state index is -0.637. The predicted molar refractivity (Wildman–Crippen MR) is 115 cm³/mol. The maximum atomic E-state index is 12.8. The summed E-state index contributed by atoms with van der Waals surface area (Å²) in [5, 5.41) is 19.4. The van der Waals surface area contributed by atoms with Crippen LogP contribution in [-0.4, -0.2) is 68.0 Å². The quantitative estimate of drug-likeness (QED) is 0.778. The second-order valence-corrected chi connectivity index (χ2v) is 8.64. The van der Waals surface area contributed by atoms with Gasteiger partial charge in [-0.15, -0.1) is 0 Å². The number of fused-ring (bicyclic) bond motifs is 1. The third kappa shape index (κ3) is 4.46. The third-order valence-corrected chi connectivity index (χ3v) is 5.33. The number of aliphatic hydroxyl groups is 1. The van der Waals surface area contributed by atoms with Crippen molar-refractivity contribution in [2.75, 3.05) is 24.6 Å². The lowest BCUT2D eigenvalue weighted by molar-refractivity contribution is 0.00773. The molecule has 166 valence electrons. The molecule has 10 nitrogen and oxygen atoms in total.